The average molecular weight is 209 g/mol. The van der Waals surface area contributed by atoms with Crippen molar-refractivity contribution in [3.05, 3.63) is 34.9 Å². The fraction of sp³-hybridized carbons (Fsp3) is 0.200. The van der Waals surface area contributed by atoms with E-state index in [2.05, 4.69) is 4.98 Å². The van der Waals surface area contributed by atoms with Crippen LogP contribution in [0.5, 0.6) is 0 Å². The summed E-state index contributed by atoms with van der Waals surface area (Å²) in [4.78, 5) is 14.6. The molecule has 0 aliphatic heterocycles. The molecule has 0 fully saturated rings. The van der Waals surface area contributed by atoms with E-state index in [1.54, 1.807) is 0 Å². The van der Waals surface area contributed by atoms with Gasteiger partial charge >= 0.3 is 0 Å². The van der Waals surface area contributed by atoms with E-state index in [1.165, 1.54) is 0 Å². The molecule has 0 unspecified atom stereocenters. The molecule has 0 amide bonds. The quantitative estimate of drug-likeness (QED) is 0.708. The van der Waals surface area contributed by atoms with Gasteiger partial charge < -0.3 is 4.79 Å². The lowest BCUT2D eigenvalue weighted by atomic mass is 10.3. The van der Waals surface area contributed by atoms with Crippen LogP contribution in [0.3, 0.4) is 0 Å². The SMILES string of the molecule is Cc1cccc2c(Cl)nc(CC=O)n12. The van der Waals surface area contributed by atoms with E-state index in [9.17, 15) is 4.79 Å². The molecular formula is C10H9ClN2O. The van der Waals surface area contributed by atoms with Crippen LogP contribution in [0.1, 0.15) is 11.5 Å². The molecule has 0 aliphatic rings. The molecule has 72 valence electrons. The Morgan fingerprint density at radius 1 is 1.57 bits per heavy atom. The molecule has 2 heterocycles. The second kappa shape index (κ2) is 3.42. The summed E-state index contributed by atoms with van der Waals surface area (Å²) in [6, 6.07) is 5.76. The molecule has 2 aromatic heterocycles. The lowest BCUT2D eigenvalue weighted by Gasteiger charge is -2.01. The Hall–Kier alpha value is -1.35. The van der Waals surface area contributed by atoms with Crippen LogP contribution in [-0.4, -0.2) is 15.7 Å². The number of fused-ring (bicyclic) bond motifs is 1. The maximum Gasteiger partial charge on any atom is 0.155 e. The molecule has 3 nitrogen and oxygen atoms in total. The van der Waals surface area contributed by atoms with Crippen molar-refractivity contribution in [1.29, 1.82) is 0 Å². The Morgan fingerprint density at radius 3 is 3.07 bits per heavy atom. The van der Waals surface area contributed by atoms with E-state index < -0.39 is 0 Å². The Kier molecular flexibility index (Phi) is 2.25. The van der Waals surface area contributed by atoms with Crippen LogP contribution in [0, 0.1) is 6.92 Å². The molecule has 2 aromatic rings. The van der Waals surface area contributed by atoms with Crippen molar-refractivity contribution in [2.24, 2.45) is 0 Å². The lowest BCUT2D eigenvalue weighted by molar-refractivity contribution is -0.107. The number of rotatable bonds is 2. The largest absolute Gasteiger partial charge is 0.303 e. The van der Waals surface area contributed by atoms with E-state index in [4.69, 9.17) is 11.6 Å². The van der Waals surface area contributed by atoms with Crippen molar-refractivity contribution in [2.75, 3.05) is 0 Å². The number of imidazole rings is 1. The molecule has 0 saturated carbocycles. The first-order valence-corrected chi connectivity index (χ1v) is 4.68. The monoisotopic (exact) mass is 208 g/mol. The second-order valence-corrected chi connectivity index (χ2v) is 3.44. The summed E-state index contributed by atoms with van der Waals surface area (Å²) in [6.07, 6.45) is 1.12. The van der Waals surface area contributed by atoms with Gasteiger partial charge in [-0.15, -0.1) is 0 Å². The summed E-state index contributed by atoms with van der Waals surface area (Å²) < 4.78 is 1.90. The standard InChI is InChI=1S/C10H9ClN2O/c1-7-3-2-4-8-10(11)12-9(5-6-14)13(7)8/h2-4,6H,5H2,1H3. The zero-order chi connectivity index (χ0) is 10.1. The third-order valence-corrected chi connectivity index (χ3v) is 2.43. The number of nitrogens with zero attached hydrogens (tertiary/aromatic N) is 2. The minimum Gasteiger partial charge on any atom is -0.303 e. The van der Waals surface area contributed by atoms with Crippen LogP contribution in [0.2, 0.25) is 5.15 Å². The minimum atomic E-state index is 0.290. The average Bonchev–Trinajstić information content (AvgIpc) is 2.46. The van der Waals surface area contributed by atoms with Crippen molar-refractivity contribution in [1.82, 2.24) is 9.38 Å². The summed E-state index contributed by atoms with van der Waals surface area (Å²) in [6.45, 7) is 1.96. The van der Waals surface area contributed by atoms with Gasteiger partial charge in [0.05, 0.1) is 11.9 Å². The Labute approximate surface area is 86.3 Å². The molecule has 2 rings (SSSR count). The second-order valence-electron chi connectivity index (χ2n) is 3.08. The third kappa shape index (κ3) is 1.30. The summed E-state index contributed by atoms with van der Waals surface area (Å²) in [5.74, 6) is 0.693. The minimum absolute atomic E-state index is 0.290. The smallest absolute Gasteiger partial charge is 0.155 e. The van der Waals surface area contributed by atoms with E-state index in [-0.39, 0.29) is 0 Å². The van der Waals surface area contributed by atoms with Crippen molar-refractivity contribution < 1.29 is 4.79 Å². The van der Waals surface area contributed by atoms with Gasteiger partial charge in [-0.05, 0) is 19.1 Å². The van der Waals surface area contributed by atoms with Gasteiger partial charge in [-0.1, -0.05) is 17.7 Å². The van der Waals surface area contributed by atoms with Gasteiger partial charge in [0, 0.05) is 5.69 Å². The predicted molar refractivity (Wildman–Crippen MR) is 54.7 cm³/mol. The number of carbonyl (C=O) groups excluding carboxylic acids is 1. The highest BCUT2D eigenvalue weighted by atomic mass is 35.5. The zero-order valence-corrected chi connectivity index (χ0v) is 8.45. The van der Waals surface area contributed by atoms with Crippen molar-refractivity contribution >= 4 is 23.4 Å². The zero-order valence-electron chi connectivity index (χ0n) is 7.70. The topological polar surface area (TPSA) is 34.4 Å². The maximum atomic E-state index is 10.4. The van der Waals surface area contributed by atoms with Gasteiger partial charge in [0.2, 0.25) is 0 Å². The molecule has 0 saturated heterocycles. The fourth-order valence-electron chi connectivity index (χ4n) is 1.55. The molecule has 14 heavy (non-hydrogen) atoms. The lowest BCUT2D eigenvalue weighted by Crippen LogP contribution is -1.98. The Balaban J connectivity index is 2.78. The van der Waals surface area contributed by atoms with Crippen LogP contribution in [0.4, 0.5) is 0 Å². The normalized spacial score (nSPS) is 10.7. The number of aldehydes is 1. The molecule has 0 aromatic carbocycles. The first-order valence-electron chi connectivity index (χ1n) is 4.30. The van der Waals surface area contributed by atoms with Gasteiger partial charge in [0.25, 0.3) is 0 Å². The Morgan fingerprint density at radius 2 is 2.36 bits per heavy atom. The van der Waals surface area contributed by atoms with Crippen LogP contribution >= 0.6 is 11.6 Å². The molecule has 0 N–H and O–H groups in total. The van der Waals surface area contributed by atoms with Crippen LogP contribution in [0.15, 0.2) is 18.2 Å². The first kappa shape index (κ1) is 9.21. The summed E-state index contributed by atoms with van der Waals surface area (Å²) >= 11 is 5.94. The maximum absolute atomic E-state index is 10.4. The fourth-order valence-corrected chi connectivity index (χ4v) is 1.80. The highest BCUT2D eigenvalue weighted by molar-refractivity contribution is 6.32. The number of hydrogen-bond donors (Lipinski definition) is 0. The molecule has 0 radical (unpaired) electrons. The van der Waals surface area contributed by atoms with Crippen LogP contribution in [0.25, 0.3) is 5.52 Å². The third-order valence-electron chi connectivity index (χ3n) is 2.15. The predicted octanol–water partition coefficient (Wildman–Crippen LogP) is 2.04. The van der Waals surface area contributed by atoms with Gasteiger partial charge in [0.15, 0.2) is 5.15 Å². The van der Waals surface area contributed by atoms with Crippen LogP contribution in [-0.2, 0) is 11.2 Å². The molecule has 0 atom stereocenters. The molecule has 4 heteroatoms. The number of aryl methyl sites for hydroxylation is 1. The van der Waals surface area contributed by atoms with Gasteiger partial charge in [0.1, 0.15) is 12.1 Å². The number of aromatic nitrogens is 2. The van der Waals surface area contributed by atoms with E-state index in [0.717, 1.165) is 17.5 Å². The number of hydrogen-bond acceptors (Lipinski definition) is 2. The van der Waals surface area contributed by atoms with Gasteiger partial charge in [-0.3, -0.25) is 4.40 Å². The van der Waals surface area contributed by atoms with Crippen LogP contribution < -0.4 is 0 Å². The highest BCUT2D eigenvalue weighted by Crippen LogP contribution is 2.19. The Bertz CT molecular complexity index is 490. The number of pyridine rings is 1. The van der Waals surface area contributed by atoms with Gasteiger partial charge in [-0.2, -0.15) is 0 Å². The first-order chi connectivity index (χ1) is 6.74. The number of halogens is 1. The summed E-state index contributed by atoms with van der Waals surface area (Å²) in [5, 5.41) is 0.450. The van der Waals surface area contributed by atoms with Crippen molar-refractivity contribution in [2.45, 2.75) is 13.3 Å². The van der Waals surface area contributed by atoms with Crippen molar-refractivity contribution in [3.8, 4) is 0 Å². The molecule has 0 spiro atoms. The highest BCUT2D eigenvalue weighted by Gasteiger charge is 2.09. The number of carbonyl (C=O) groups is 1. The summed E-state index contributed by atoms with van der Waals surface area (Å²) in [7, 11) is 0. The van der Waals surface area contributed by atoms with Crippen molar-refractivity contribution in [3.63, 3.8) is 0 Å². The van der Waals surface area contributed by atoms with E-state index >= 15 is 0 Å². The van der Waals surface area contributed by atoms with Gasteiger partial charge in [-0.25, -0.2) is 4.98 Å². The van der Waals surface area contributed by atoms with E-state index in [0.29, 0.717) is 17.4 Å². The summed E-state index contributed by atoms with van der Waals surface area (Å²) in [5.41, 5.74) is 1.88. The molecule has 0 bridgehead atoms. The molecular weight excluding hydrogens is 200 g/mol. The van der Waals surface area contributed by atoms with E-state index in [1.807, 2.05) is 29.5 Å². The molecule has 0 aliphatic carbocycles.